The minimum absolute atomic E-state index is 0.0681. The summed E-state index contributed by atoms with van der Waals surface area (Å²) in [4.78, 5) is 0. The van der Waals surface area contributed by atoms with Crippen LogP contribution >= 0.6 is 0 Å². The number of hydrogen-bond acceptors (Lipinski definition) is 5. The first kappa shape index (κ1) is 24.6. The molecule has 1 aliphatic rings. The molecule has 0 amide bonds. The van der Waals surface area contributed by atoms with Crippen LogP contribution in [0.5, 0.6) is 0 Å². The molecule has 0 aliphatic carbocycles. The topological polar surface area (TPSA) is 79.2 Å². The molecule has 0 aromatic carbocycles. The summed E-state index contributed by atoms with van der Waals surface area (Å²) in [6.45, 7) is 4.58. The zero-order chi connectivity index (χ0) is 19.7. The summed E-state index contributed by atoms with van der Waals surface area (Å²) >= 11 is 0. The molecule has 5 nitrogen and oxygen atoms in total. The van der Waals surface area contributed by atoms with Gasteiger partial charge in [0.25, 0.3) is 0 Å². The highest BCUT2D eigenvalue weighted by molar-refractivity contribution is 4.87. The Labute approximate surface area is 165 Å². The zero-order valence-electron chi connectivity index (χ0n) is 17.1. The van der Waals surface area contributed by atoms with Crippen molar-refractivity contribution in [3.8, 4) is 0 Å². The molecule has 1 heterocycles. The Balaban J connectivity index is 1.77. The van der Waals surface area contributed by atoms with Crippen molar-refractivity contribution in [2.24, 2.45) is 0 Å². The smallest absolute Gasteiger partial charge is 0.114 e. The molecule has 0 radical (unpaired) electrons. The van der Waals surface area contributed by atoms with E-state index in [1.165, 1.54) is 64.2 Å². The molecule has 0 aromatic rings. The maximum atomic E-state index is 9.93. The van der Waals surface area contributed by atoms with Gasteiger partial charge in [0.2, 0.25) is 0 Å². The van der Waals surface area contributed by atoms with Crippen molar-refractivity contribution in [2.75, 3.05) is 19.8 Å². The largest absolute Gasteiger partial charge is 0.388 e. The minimum atomic E-state index is -1.03. The van der Waals surface area contributed by atoms with E-state index in [1.54, 1.807) is 0 Å². The van der Waals surface area contributed by atoms with E-state index in [9.17, 15) is 15.3 Å². The number of allylic oxidation sites excluding steroid dienone is 1. The molecule has 0 unspecified atom stereocenters. The summed E-state index contributed by atoms with van der Waals surface area (Å²) in [5, 5.41) is 29.0. The molecule has 1 aliphatic heterocycles. The molecule has 0 spiro atoms. The van der Waals surface area contributed by atoms with Crippen LogP contribution in [-0.2, 0) is 9.47 Å². The Kier molecular flexibility index (Phi) is 15.0. The molecule has 27 heavy (non-hydrogen) atoms. The molecule has 4 atom stereocenters. The SMILES string of the molecule is C=CCCCCCCCCCCCCCCOC[C@@H](O)[C@H]1OC[C@H](O)[C@H]1O. The fraction of sp³-hybridized carbons (Fsp3) is 0.909. The van der Waals surface area contributed by atoms with Crippen molar-refractivity contribution >= 4 is 0 Å². The minimum Gasteiger partial charge on any atom is -0.388 e. The molecule has 1 rings (SSSR count). The number of aliphatic hydroxyl groups excluding tert-OH is 3. The Hall–Kier alpha value is -0.460. The van der Waals surface area contributed by atoms with Gasteiger partial charge in [-0.2, -0.15) is 0 Å². The summed E-state index contributed by atoms with van der Waals surface area (Å²) in [5.74, 6) is 0. The zero-order valence-corrected chi connectivity index (χ0v) is 17.1. The summed E-state index contributed by atoms with van der Waals surface area (Å²) in [6, 6.07) is 0. The standard InChI is InChI=1S/C22H42O5/c1-2-3-4-5-6-7-8-9-10-11-12-13-14-15-16-26-17-20(24)22-21(25)19(23)18-27-22/h2,19-25H,1,3-18H2/t19-,20+,21+,22+/m0/s1. The first-order valence-electron chi connectivity index (χ1n) is 11.0. The van der Waals surface area contributed by atoms with E-state index in [2.05, 4.69) is 6.58 Å². The Morgan fingerprint density at radius 2 is 1.41 bits per heavy atom. The average Bonchev–Trinajstić information content (AvgIpc) is 3.00. The maximum Gasteiger partial charge on any atom is 0.114 e. The van der Waals surface area contributed by atoms with Crippen LogP contribution in [0.4, 0.5) is 0 Å². The van der Waals surface area contributed by atoms with Crippen LogP contribution in [0.15, 0.2) is 12.7 Å². The third kappa shape index (κ3) is 11.9. The Morgan fingerprint density at radius 3 is 1.89 bits per heavy atom. The number of hydrogen-bond donors (Lipinski definition) is 3. The maximum absolute atomic E-state index is 9.93. The van der Waals surface area contributed by atoms with Gasteiger partial charge in [-0.25, -0.2) is 0 Å². The van der Waals surface area contributed by atoms with Gasteiger partial charge in [-0.1, -0.05) is 70.3 Å². The van der Waals surface area contributed by atoms with Gasteiger partial charge < -0.3 is 24.8 Å². The second-order valence-electron chi connectivity index (χ2n) is 7.82. The summed E-state index contributed by atoms with van der Waals surface area (Å²) < 4.78 is 10.7. The second-order valence-corrected chi connectivity index (χ2v) is 7.82. The predicted octanol–water partition coefficient (Wildman–Crippen LogP) is 3.74. The van der Waals surface area contributed by atoms with E-state index in [0.717, 1.165) is 19.3 Å². The van der Waals surface area contributed by atoms with Crippen molar-refractivity contribution in [1.82, 2.24) is 0 Å². The number of unbranched alkanes of at least 4 members (excludes halogenated alkanes) is 12. The van der Waals surface area contributed by atoms with Crippen LogP contribution < -0.4 is 0 Å². The molecular weight excluding hydrogens is 344 g/mol. The monoisotopic (exact) mass is 386 g/mol. The molecule has 0 aromatic heterocycles. The Bertz CT molecular complexity index is 350. The molecule has 1 saturated heterocycles. The molecule has 5 heteroatoms. The molecule has 160 valence electrons. The molecule has 0 bridgehead atoms. The van der Waals surface area contributed by atoms with Crippen molar-refractivity contribution in [3.63, 3.8) is 0 Å². The van der Waals surface area contributed by atoms with Crippen LogP contribution in [0, 0.1) is 0 Å². The lowest BCUT2D eigenvalue weighted by Gasteiger charge is -2.20. The third-order valence-electron chi connectivity index (χ3n) is 5.31. The van der Waals surface area contributed by atoms with Crippen LogP contribution in [0.2, 0.25) is 0 Å². The van der Waals surface area contributed by atoms with Crippen LogP contribution in [0.25, 0.3) is 0 Å². The first-order valence-corrected chi connectivity index (χ1v) is 11.0. The normalized spacial score (nSPS) is 23.6. The molecule has 1 fully saturated rings. The van der Waals surface area contributed by atoms with Crippen LogP contribution in [0.3, 0.4) is 0 Å². The van der Waals surface area contributed by atoms with Gasteiger partial charge in [-0.05, 0) is 19.3 Å². The number of rotatable bonds is 18. The van der Waals surface area contributed by atoms with Crippen molar-refractivity contribution in [2.45, 2.75) is 108 Å². The van der Waals surface area contributed by atoms with Gasteiger partial charge in [-0.15, -0.1) is 6.58 Å². The molecule has 3 N–H and O–H groups in total. The van der Waals surface area contributed by atoms with Crippen molar-refractivity contribution in [3.05, 3.63) is 12.7 Å². The number of ether oxygens (including phenoxy) is 2. The van der Waals surface area contributed by atoms with Gasteiger partial charge >= 0.3 is 0 Å². The van der Waals surface area contributed by atoms with E-state index in [1.807, 2.05) is 6.08 Å². The highest BCUT2D eigenvalue weighted by atomic mass is 16.5. The highest BCUT2D eigenvalue weighted by Gasteiger charge is 2.39. The summed E-state index contributed by atoms with van der Waals surface area (Å²) in [5.41, 5.74) is 0. The predicted molar refractivity (Wildman–Crippen MR) is 109 cm³/mol. The van der Waals surface area contributed by atoms with Gasteiger partial charge in [0.05, 0.1) is 13.2 Å². The molecular formula is C22H42O5. The first-order chi connectivity index (χ1) is 13.2. The van der Waals surface area contributed by atoms with Crippen LogP contribution in [0.1, 0.15) is 83.5 Å². The average molecular weight is 387 g/mol. The quantitative estimate of drug-likeness (QED) is 0.247. The van der Waals surface area contributed by atoms with Gasteiger partial charge in [0.1, 0.15) is 24.4 Å². The lowest BCUT2D eigenvalue weighted by molar-refractivity contribution is -0.0813. The lowest BCUT2D eigenvalue weighted by Crippen LogP contribution is -2.40. The summed E-state index contributed by atoms with van der Waals surface area (Å²) in [7, 11) is 0. The fourth-order valence-electron chi connectivity index (χ4n) is 3.52. The lowest BCUT2D eigenvalue weighted by atomic mass is 10.0. The van der Waals surface area contributed by atoms with Crippen LogP contribution in [-0.4, -0.2) is 59.6 Å². The van der Waals surface area contributed by atoms with Crippen molar-refractivity contribution in [1.29, 1.82) is 0 Å². The van der Waals surface area contributed by atoms with E-state index >= 15 is 0 Å². The third-order valence-corrected chi connectivity index (χ3v) is 5.31. The highest BCUT2D eigenvalue weighted by Crippen LogP contribution is 2.18. The van der Waals surface area contributed by atoms with Gasteiger partial charge in [0.15, 0.2) is 0 Å². The van der Waals surface area contributed by atoms with E-state index < -0.39 is 24.4 Å². The fourth-order valence-corrected chi connectivity index (χ4v) is 3.52. The van der Waals surface area contributed by atoms with E-state index in [-0.39, 0.29) is 13.2 Å². The van der Waals surface area contributed by atoms with Gasteiger partial charge in [-0.3, -0.25) is 0 Å². The summed E-state index contributed by atoms with van der Waals surface area (Å²) in [6.07, 6.45) is 15.1. The second kappa shape index (κ2) is 16.5. The molecule has 0 saturated carbocycles. The van der Waals surface area contributed by atoms with Gasteiger partial charge in [0, 0.05) is 6.61 Å². The Morgan fingerprint density at radius 1 is 0.889 bits per heavy atom. The number of aliphatic hydroxyl groups is 3. The van der Waals surface area contributed by atoms with E-state index in [4.69, 9.17) is 9.47 Å². The van der Waals surface area contributed by atoms with E-state index in [0.29, 0.717) is 6.61 Å². The van der Waals surface area contributed by atoms with Crippen molar-refractivity contribution < 1.29 is 24.8 Å².